The fourth-order valence-corrected chi connectivity index (χ4v) is 4.06. The third-order valence-electron chi connectivity index (χ3n) is 5.23. The minimum atomic E-state index is -4.05. The molecule has 192 valence electrons. The van der Waals surface area contributed by atoms with Gasteiger partial charge < -0.3 is 15.0 Å². The number of benzene rings is 2. The highest BCUT2D eigenvalue weighted by molar-refractivity contribution is 7.92. The topological polar surface area (TPSA) is 96.0 Å². The van der Waals surface area contributed by atoms with Crippen molar-refractivity contribution in [1.29, 1.82) is 0 Å². The highest BCUT2D eigenvalue weighted by Crippen LogP contribution is 2.22. The third-order valence-corrected chi connectivity index (χ3v) is 6.37. The summed E-state index contributed by atoms with van der Waals surface area (Å²) in [5.74, 6) is -2.70. The molecule has 0 aliphatic carbocycles. The molecule has 0 spiro atoms. The summed E-state index contributed by atoms with van der Waals surface area (Å²) in [5.41, 5.74) is 0.474. The molecule has 0 bridgehead atoms. The zero-order valence-electron chi connectivity index (χ0n) is 20.4. The number of halogens is 2. The van der Waals surface area contributed by atoms with Gasteiger partial charge in [0.15, 0.2) is 11.6 Å². The number of carbonyl (C=O) groups excluding carboxylic acids is 2. The Morgan fingerprint density at radius 3 is 2.17 bits per heavy atom. The summed E-state index contributed by atoms with van der Waals surface area (Å²) in [6.45, 7) is 5.10. The Balaban J connectivity index is 2.38. The lowest BCUT2D eigenvalue weighted by Gasteiger charge is -2.31. The van der Waals surface area contributed by atoms with Crippen LogP contribution in [0.4, 0.5) is 14.5 Å². The summed E-state index contributed by atoms with van der Waals surface area (Å²) >= 11 is 0. The van der Waals surface area contributed by atoms with Gasteiger partial charge in [-0.2, -0.15) is 0 Å². The maximum atomic E-state index is 13.8. The van der Waals surface area contributed by atoms with Crippen LogP contribution in [0, 0.1) is 17.6 Å². The Morgan fingerprint density at radius 2 is 1.66 bits per heavy atom. The molecular weight excluding hydrogens is 480 g/mol. The zero-order valence-corrected chi connectivity index (χ0v) is 21.2. The lowest BCUT2D eigenvalue weighted by atomic mass is 10.1. The van der Waals surface area contributed by atoms with Gasteiger partial charge >= 0.3 is 0 Å². The Bertz CT molecular complexity index is 1140. The van der Waals surface area contributed by atoms with E-state index in [2.05, 4.69) is 5.32 Å². The molecular formula is C24H31F2N3O5S. The summed E-state index contributed by atoms with van der Waals surface area (Å²) in [6.07, 6.45) is 0.855. The average Bonchev–Trinajstić information content (AvgIpc) is 2.80. The van der Waals surface area contributed by atoms with Crippen molar-refractivity contribution < 1.29 is 31.5 Å². The highest BCUT2D eigenvalue weighted by Gasteiger charge is 2.30. The summed E-state index contributed by atoms with van der Waals surface area (Å²) < 4.78 is 57.9. The number of methoxy groups -OCH3 is 1. The van der Waals surface area contributed by atoms with E-state index in [4.69, 9.17) is 4.74 Å². The van der Waals surface area contributed by atoms with E-state index in [0.717, 1.165) is 18.4 Å². The summed E-state index contributed by atoms with van der Waals surface area (Å²) in [6, 6.07) is 8.47. The van der Waals surface area contributed by atoms with Crippen molar-refractivity contribution >= 4 is 27.5 Å². The second-order valence-corrected chi connectivity index (χ2v) is 10.5. The van der Waals surface area contributed by atoms with Crippen molar-refractivity contribution in [2.24, 2.45) is 5.92 Å². The van der Waals surface area contributed by atoms with E-state index in [-0.39, 0.29) is 18.2 Å². The lowest BCUT2D eigenvalue weighted by Crippen LogP contribution is -2.51. The largest absolute Gasteiger partial charge is 0.497 e. The average molecular weight is 512 g/mol. The first kappa shape index (κ1) is 28.0. The van der Waals surface area contributed by atoms with Gasteiger partial charge in [-0.25, -0.2) is 17.2 Å². The second-order valence-electron chi connectivity index (χ2n) is 8.55. The molecule has 0 aliphatic heterocycles. The molecule has 0 saturated heterocycles. The van der Waals surface area contributed by atoms with Gasteiger partial charge in [-0.15, -0.1) is 0 Å². The highest BCUT2D eigenvalue weighted by atomic mass is 32.2. The van der Waals surface area contributed by atoms with Gasteiger partial charge in [0.25, 0.3) is 0 Å². The Kier molecular flexibility index (Phi) is 9.58. The number of hydrogen-bond acceptors (Lipinski definition) is 5. The minimum Gasteiger partial charge on any atom is -0.497 e. The Labute approximate surface area is 204 Å². The van der Waals surface area contributed by atoms with Gasteiger partial charge in [-0.1, -0.05) is 26.0 Å². The predicted molar refractivity (Wildman–Crippen MR) is 129 cm³/mol. The lowest BCUT2D eigenvalue weighted by molar-refractivity contribution is -0.139. The number of hydrogen-bond donors (Lipinski definition) is 1. The maximum absolute atomic E-state index is 13.8. The monoisotopic (exact) mass is 511 g/mol. The summed E-state index contributed by atoms with van der Waals surface area (Å²) in [5, 5.41) is 2.77. The van der Waals surface area contributed by atoms with E-state index in [1.807, 2.05) is 13.8 Å². The van der Waals surface area contributed by atoms with Gasteiger partial charge in [0, 0.05) is 19.2 Å². The maximum Gasteiger partial charge on any atom is 0.244 e. The van der Waals surface area contributed by atoms with E-state index in [1.54, 1.807) is 31.2 Å². The molecule has 1 unspecified atom stereocenters. The van der Waals surface area contributed by atoms with Crippen molar-refractivity contribution in [1.82, 2.24) is 10.2 Å². The first-order valence-corrected chi connectivity index (χ1v) is 12.8. The van der Waals surface area contributed by atoms with Gasteiger partial charge in [-0.05, 0) is 42.7 Å². The fourth-order valence-electron chi connectivity index (χ4n) is 3.22. The number of ether oxygens (including phenoxy) is 1. The molecule has 1 N–H and O–H groups in total. The first-order valence-electron chi connectivity index (χ1n) is 11.0. The quantitative estimate of drug-likeness (QED) is 0.501. The molecule has 0 aromatic heterocycles. The van der Waals surface area contributed by atoms with E-state index in [1.165, 1.54) is 12.0 Å². The molecule has 0 radical (unpaired) electrons. The summed E-state index contributed by atoms with van der Waals surface area (Å²) in [4.78, 5) is 27.4. The number of sulfonamides is 1. The van der Waals surface area contributed by atoms with Crippen molar-refractivity contribution in [2.75, 3.05) is 30.8 Å². The number of nitrogens with one attached hydrogen (secondary N) is 1. The molecule has 0 fully saturated rings. The van der Waals surface area contributed by atoms with E-state index in [0.29, 0.717) is 28.2 Å². The molecule has 0 aliphatic rings. The van der Waals surface area contributed by atoms with Crippen molar-refractivity contribution in [3.05, 3.63) is 59.7 Å². The molecule has 2 rings (SSSR count). The van der Waals surface area contributed by atoms with Gasteiger partial charge in [0.1, 0.15) is 18.3 Å². The number of amides is 2. The molecule has 2 aromatic rings. The molecule has 0 saturated carbocycles. The molecule has 2 aromatic carbocycles. The van der Waals surface area contributed by atoms with E-state index >= 15 is 0 Å². The zero-order chi connectivity index (χ0) is 26.3. The molecule has 8 nitrogen and oxygen atoms in total. The van der Waals surface area contributed by atoms with Crippen molar-refractivity contribution in [2.45, 2.75) is 33.4 Å². The number of carbonyl (C=O) groups is 2. The standard InChI is InChI=1S/C24H31F2N3O5S/c1-16(2)13-27-24(31)17(3)28(14-18-6-9-20(34-4)10-7-18)23(30)15-29(35(5,32)33)19-8-11-21(25)22(26)12-19/h6-12,16-17H,13-15H2,1-5H3,(H,27,31). The Hall–Kier alpha value is -3.21. The van der Waals surface area contributed by atoms with Crippen LogP contribution in [-0.4, -0.2) is 57.6 Å². The van der Waals surface area contributed by atoms with Crippen LogP contribution in [0.2, 0.25) is 0 Å². The molecule has 1 atom stereocenters. The van der Waals surface area contributed by atoms with Crippen LogP contribution in [-0.2, 0) is 26.2 Å². The second kappa shape index (κ2) is 12.0. The molecule has 35 heavy (non-hydrogen) atoms. The SMILES string of the molecule is COc1ccc(CN(C(=O)CN(c2ccc(F)c(F)c2)S(C)(=O)=O)C(C)C(=O)NCC(C)C)cc1. The van der Waals surface area contributed by atoms with Crippen LogP contribution in [0.1, 0.15) is 26.3 Å². The normalized spacial score (nSPS) is 12.2. The van der Waals surface area contributed by atoms with Crippen LogP contribution in [0.3, 0.4) is 0 Å². The van der Waals surface area contributed by atoms with Gasteiger partial charge in [0.2, 0.25) is 21.8 Å². The minimum absolute atomic E-state index is 0.00841. The van der Waals surface area contributed by atoms with Crippen LogP contribution < -0.4 is 14.4 Å². The fraction of sp³-hybridized carbons (Fsp3) is 0.417. The van der Waals surface area contributed by atoms with E-state index < -0.39 is 46.1 Å². The van der Waals surface area contributed by atoms with E-state index in [9.17, 15) is 26.8 Å². The van der Waals surface area contributed by atoms with Gasteiger partial charge in [0.05, 0.1) is 19.1 Å². The van der Waals surface area contributed by atoms with Crippen LogP contribution in [0.25, 0.3) is 0 Å². The number of rotatable bonds is 11. The number of nitrogens with zero attached hydrogens (tertiary/aromatic N) is 2. The van der Waals surface area contributed by atoms with Crippen LogP contribution in [0.5, 0.6) is 5.75 Å². The van der Waals surface area contributed by atoms with Crippen molar-refractivity contribution in [3.8, 4) is 5.75 Å². The molecule has 0 heterocycles. The first-order chi connectivity index (χ1) is 16.3. The number of anilines is 1. The van der Waals surface area contributed by atoms with Crippen molar-refractivity contribution in [3.63, 3.8) is 0 Å². The van der Waals surface area contributed by atoms with Crippen LogP contribution >= 0.6 is 0 Å². The molecule has 11 heteroatoms. The van der Waals surface area contributed by atoms with Crippen LogP contribution in [0.15, 0.2) is 42.5 Å². The smallest absolute Gasteiger partial charge is 0.244 e. The van der Waals surface area contributed by atoms with Gasteiger partial charge in [-0.3, -0.25) is 13.9 Å². The summed E-state index contributed by atoms with van der Waals surface area (Å²) in [7, 11) is -2.53. The molecule has 2 amide bonds. The Morgan fingerprint density at radius 1 is 1.03 bits per heavy atom. The third kappa shape index (κ3) is 7.91. The predicted octanol–water partition coefficient (Wildman–Crippen LogP) is 2.93.